The fourth-order valence-corrected chi connectivity index (χ4v) is 2.89. The van der Waals surface area contributed by atoms with Gasteiger partial charge in [0.05, 0.1) is 0 Å². The molecule has 1 aromatic carbocycles. The van der Waals surface area contributed by atoms with Gasteiger partial charge >= 0.3 is 0 Å². The monoisotopic (exact) mass is 292 g/mol. The van der Waals surface area contributed by atoms with Crippen molar-refractivity contribution in [1.29, 1.82) is 0 Å². The Kier molecular flexibility index (Phi) is 5.73. The van der Waals surface area contributed by atoms with E-state index in [4.69, 9.17) is 4.74 Å². The van der Waals surface area contributed by atoms with Crippen molar-refractivity contribution < 1.29 is 14.6 Å². The van der Waals surface area contributed by atoms with Crippen molar-refractivity contribution >= 4 is 5.91 Å². The van der Waals surface area contributed by atoms with Crippen LogP contribution in [0.2, 0.25) is 0 Å². The second kappa shape index (κ2) is 7.54. The molecule has 2 atom stereocenters. The average Bonchev–Trinajstić information content (AvgIpc) is 2.80. The van der Waals surface area contributed by atoms with Gasteiger partial charge in [0.15, 0.2) is 0 Å². The van der Waals surface area contributed by atoms with Crippen molar-refractivity contribution in [2.45, 2.75) is 19.5 Å². The molecule has 1 aliphatic rings. The molecule has 0 bridgehead atoms. The number of aryl methyl sites for hydroxylation is 1. The highest BCUT2D eigenvalue weighted by Crippen LogP contribution is 2.19. The highest BCUT2D eigenvalue weighted by Gasteiger charge is 2.33. The number of carbonyl (C=O) groups is 1. The topological polar surface area (TPSA) is 61.8 Å². The predicted molar refractivity (Wildman–Crippen MR) is 80.8 cm³/mol. The summed E-state index contributed by atoms with van der Waals surface area (Å²) in [5, 5.41) is 12.4. The van der Waals surface area contributed by atoms with Crippen molar-refractivity contribution in [2.75, 3.05) is 33.4 Å². The number of likely N-dealkylation sites (tertiary alicyclic amines) is 1. The minimum atomic E-state index is -0.127. The second-order valence-corrected chi connectivity index (χ2v) is 5.73. The summed E-state index contributed by atoms with van der Waals surface area (Å²) in [4.78, 5) is 13.9. The van der Waals surface area contributed by atoms with Gasteiger partial charge in [-0.1, -0.05) is 29.8 Å². The van der Waals surface area contributed by atoms with Gasteiger partial charge in [-0.2, -0.15) is 0 Å². The Labute approximate surface area is 125 Å². The lowest BCUT2D eigenvalue weighted by molar-refractivity contribution is -0.125. The van der Waals surface area contributed by atoms with Crippen LogP contribution in [0.5, 0.6) is 0 Å². The van der Waals surface area contributed by atoms with Crippen LogP contribution >= 0.6 is 0 Å². The number of aliphatic hydroxyl groups excluding tert-OH is 1. The van der Waals surface area contributed by atoms with E-state index in [9.17, 15) is 9.90 Å². The molecule has 21 heavy (non-hydrogen) atoms. The quantitative estimate of drug-likeness (QED) is 0.804. The summed E-state index contributed by atoms with van der Waals surface area (Å²) in [5.41, 5.74) is 2.51. The fraction of sp³-hybridized carbons (Fsp3) is 0.562. The number of ether oxygens (including phenoxy) is 1. The van der Waals surface area contributed by atoms with E-state index in [2.05, 4.69) is 41.4 Å². The van der Waals surface area contributed by atoms with Crippen LogP contribution in [-0.2, 0) is 16.1 Å². The van der Waals surface area contributed by atoms with Gasteiger partial charge in [0, 0.05) is 45.3 Å². The molecule has 5 heteroatoms. The van der Waals surface area contributed by atoms with Gasteiger partial charge in [-0.15, -0.1) is 0 Å². The molecule has 1 aliphatic heterocycles. The molecule has 0 unspecified atom stereocenters. The normalized spacial score (nSPS) is 22.4. The number of amides is 1. The minimum Gasteiger partial charge on any atom is -0.396 e. The summed E-state index contributed by atoms with van der Waals surface area (Å²) in [6, 6.07) is 8.41. The Morgan fingerprint density at radius 2 is 2.29 bits per heavy atom. The zero-order chi connectivity index (χ0) is 15.2. The summed E-state index contributed by atoms with van der Waals surface area (Å²) in [6.45, 7) is 4.62. The van der Waals surface area contributed by atoms with Crippen LogP contribution in [-0.4, -0.2) is 55.4 Å². The lowest BCUT2D eigenvalue weighted by atomic mass is 10.1. The molecule has 2 N–H and O–H groups in total. The van der Waals surface area contributed by atoms with Crippen molar-refractivity contribution in [1.82, 2.24) is 10.2 Å². The summed E-state index contributed by atoms with van der Waals surface area (Å²) < 4.78 is 4.83. The number of aliphatic hydroxyl groups is 1. The van der Waals surface area contributed by atoms with E-state index < -0.39 is 0 Å². The molecule has 1 aromatic rings. The van der Waals surface area contributed by atoms with Gasteiger partial charge in [0.2, 0.25) is 5.91 Å². The van der Waals surface area contributed by atoms with Crippen LogP contribution < -0.4 is 5.32 Å². The first-order valence-corrected chi connectivity index (χ1v) is 7.29. The van der Waals surface area contributed by atoms with Crippen LogP contribution in [0, 0.1) is 12.8 Å². The Morgan fingerprint density at radius 1 is 1.48 bits per heavy atom. The molecule has 1 amide bonds. The SMILES string of the molecule is COCC(=O)N[C@@H]1CN(Cc2cccc(C)c2)C[C@H]1CO. The summed E-state index contributed by atoms with van der Waals surface area (Å²) in [6.07, 6.45) is 0. The van der Waals surface area contributed by atoms with Gasteiger partial charge < -0.3 is 15.2 Å². The molecule has 5 nitrogen and oxygen atoms in total. The molecule has 0 saturated carbocycles. The van der Waals surface area contributed by atoms with E-state index in [1.165, 1.54) is 18.2 Å². The molecule has 116 valence electrons. The number of hydrogen-bond acceptors (Lipinski definition) is 4. The fourth-order valence-electron chi connectivity index (χ4n) is 2.89. The molecule has 1 heterocycles. The average molecular weight is 292 g/mol. The van der Waals surface area contributed by atoms with E-state index in [1.54, 1.807) is 0 Å². The van der Waals surface area contributed by atoms with Gasteiger partial charge in [-0.3, -0.25) is 9.69 Å². The first-order chi connectivity index (χ1) is 10.1. The lowest BCUT2D eigenvalue weighted by Crippen LogP contribution is -2.43. The highest BCUT2D eigenvalue weighted by atomic mass is 16.5. The lowest BCUT2D eigenvalue weighted by Gasteiger charge is -2.18. The molecule has 1 saturated heterocycles. The third-order valence-electron chi connectivity index (χ3n) is 3.86. The number of carbonyl (C=O) groups excluding carboxylic acids is 1. The molecular formula is C16H24N2O3. The molecule has 1 fully saturated rings. The van der Waals surface area contributed by atoms with E-state index >= 15 is 0 Å². The van der Waals surface area contributed by atoms with E-state index in [1.807, 2.05) is 0 Å². The second-order valence-electron chi connectivity index (χ2n) is 5.73. The maximum atomic E-state index is 11.6. The van der Waals surface area contributed by atoms with Crippen molar-refractivity contribution in [2.24, 2.45) is 5.92 Å². The third-order valence-corrected chi connectivity index (χ3v) is 3.86. The standard InChI is InChI=1S/C16H24N2O3/c1-12-4-3-5-13(6-12)7-18-8-14(10-19)15(9-18)17-16(20)11-21-2/h3-6,14-15,19H,7-11H2,1-2H3,(H,17,20)/t14-,15+/m0/s1. The first-order valence-electron chi connectivity index (χ1n) is 7.29. The summed E-state index contributed by atoms with van der Waals surface area (Å²) >= 11 is 0. The number of benzene rings is 1. The Balaban J connectivity index is 1.93. The van der Waals surface area contributed by atoms with Crippen LogP contribution in [0.25, 0.3) is 0 Å². The van der Waals surface area contributed by atoms with Crippen LogP contribution in [0.15, 0.2) is 24.3 Å². The number of hydrogen-bond donors (Lipinski definition) is 2. The van der Waals surface area contributed by atoms with E-state index in [-0.39, 0.29) is 31.1 Å². The Morgan fingerprint density at radius 3 is 2.95 bits per heavy atom. The van der Waals surface area contributed by atoms with Gasteiger partial charge in [-0.25, -0.2) is 0 Å². The van der Waals surface area contributed by atoms with Gasteiger partial charge in [-0.05, 0) is 12.5 Å². The van der Waals surface area contributed by atoms with Crippen LogP contribution in [0.1, 0.15) is 11.1 Å². The summed E-state index contributed by atoms with van der Waals surface area (Å²) in [7, 11) is 1.50. The molecular weight excluding hydrogens is 268 g/mol. The third kappa shape index (κ3) is 4.52. The van der Waals surface area contributed by atoms with Crippen LogP contribution in [0.3, 0.4) is 0 Å². The number of nitrogens with zero attached hydrogens (tertiary/aromatic N) is 1. The molecule has 0 radical (unpaired) electrons. The first kappa shape index (κ1) is 15.9. The minimum absolute atomic E-state index is 0.0116. The van der Waals surface area contributed by atoms with E-state index in [0.717, 1.165) is 19.6 Å². The number of nitrogens with one attached hydrogen (secondary N) is 1. The zero-order valence-electron chi connectivity index (χ0n) is 12.7. The molecule has 2 rings (SSSR count). The van der Waals surface area contributed by atoms with Gasteiger partial charge in [0.1, 0.15) is 6.61 Å². The maximum Gasteiger partial charge on any atom is 0.246 e. The smallest absolute Gasteiger partial charge is 0.246 e. The largest absolute Gasteiger partial charge is 0.396 e. The number of methoxy groups -OCH3 is 1. The zero-order valence-corrected chi connectivity index (χ0v) is 12.7. The van der Waals surface area contributed by atoms with E-state index in [0.29, 0.717) is 0 Å². The number of rotatable bonds is 6. The Hall–Kier alpha value is -1.43. The van der Waals surface area contributed by atoms with Gasteiger partial charge in [0.25, 0.3) is 0 Å². The highest BCUT2D eigenvalue weighted by molar-refractivity contribution is 5.77. The van der Waals surface area contributed by atoms with Crippen LogP contribution in [0.4, 0.5) is 0 Å². The molecule has 0 spiro atoms. The van der Waals surface area contributed by atoms with Crippen molar-refractivity contribution in [3.05, 3.63) is 35.4 Å². The molecule has 0 aromatic heterocycles. The molecule has 0 aliphatic carbocycles. The summed E-state index contributed by atoms with van der Waals surface area (Å²) in [5.74, 6) is -0.0472. The predicted octanol–water partition coefficient (Wildman–Crippen LogP) is 0.550. The Bertz CT molecular complexity index is 478. The van der Waals surface area contributed by atoms with Crippen molar-refractivity contribution in [3.8, 4) is 0 Å². The van der Waals surface area contributed by atoms with Crippen molar-refractivity contribution in [3.63, 3.8) is 0 Å². The maximum absolute atomic E-state index is 11.6.